The Kier molecular flexibility index (Phi) is 8.15. The van der Waals surface area contributed by atoms with E-state index in [-0.39, 0.29) is 17.6 Å². The van der Waals surface area contributed by atoms with Crippen LogP contribution in [0.5, 0.6) is 11.5 Å². The van der Waals surface area contributed by atoms with Gasteiger partial charge in [0.1, 0.15) is 29.5 Å². The molecule has 220 valence electrons. The summed E-state index contributed by atoms with van der Waals surface area (Å²) >= 11 is 0. The lowest BCUT2D eigenvalue weighted by Crippen LogP contribution is -2.56. The maximum Gasteiger partial charge on any atom is 0.161 e. The van der Waals surface area contributed by atoms with Crippen molar-refractivity contribution in [3.63, 3.8) is 0 Å². The van der Waals surface area contributed by atoms with Gasteiger partial charge in [-0.15, -0.1) is 0 Å². The Bertz CT molecular complexity index is 1570. The van der Waals surface area contributed by atoms with Gasteiger partial charge >= 0.3 is 0 Å². The molecule has 3 aliphatic heterocycles. The number of aromatic nitrogens is 2. The molecule has 0 bridgehead atoms. The number of benzene rings is 2. The molecule has 4 heterocycles. The summed E-state index contributed by atoms with van der Waals surface area (Å²) in [6.45, 7) is 5.56. The first-order valence-corrected chi connectivity index (χ1v) is 16.0. The maximum atomic E-state index is 11.7. The van der Waals surface area contributed by atoms with E-state index in [9.17, 15) is 13.7 Å². The number of sulfone groups is 1. The summed E-state index contributed by atoms with van der Waals surface area (Å²) in [6.07, 6.45) is 2.28. The fourth-order valence-corrected chi connectivity index (χ4v) is 6.97. The lowest BCUT2D eigenvalue weighted by molar-refractivity contribution is -0.0660. The van der Waals surface area contributed by atoms with Crippen molar-refractivity contribution in [2.24, 2.45) is 0 Å². The number of rotatable bonds is 8. The molecule has 1 aromatic heterocycles. The van der Waals surface area contributed by atoms with Crippen LogP contribution in [0.2, 0.25) is 0 Å². The first-order chi connectivity index (χ1) is 20.4. The highest BCUT2D eigenvalue weighted by Gasteiger charge is 2.30. The molecule has 0 amide bonds. The topological polar surface area (TPSA) is 130 Å². The normalized spacial score (nSPS) is 19.5. The van der Waals surface area contributed by atoms with Gasteiger partial charge in [0.2, 0.25) is 0 Å². The summed E-state index contributed by atoms with van der Waals surface area (Å²) < 4.78 is 40.6. The zero-order valence-corrected chi connectivity index (χ0v) is 24.3. The average Bonchev–Trinajstić information content (AvgIpc) is 2.98. The molecule has 0 atom stereocenters. The largest absolute Gasteiger partial charge is 0.495 e. The summed E-state index contributed by atoms with van der Waals surface area (Å²) in [6, 6.07) is 15.8. The first kappa shape index (κ1) is 28.2. The highest BCUT2D eigenvalue weighted by Crippen LogP contribution is 2.34. The molecule has 3 saturated heterocycles. The Morgan fingerprint density at radius 2 is 1.81 bits per heavy atom. The molecule has 3 aromatic rings. The summed E-state index contributed by atoms with van der Waals surface area (Å²) in [4.78, 5) is 13.9. The number of nitrogens with one attached hydrogen (secondary N) is 1. The molecular formula is C30H34N6O5S. The van der Waals surface area contributed by atoms with Crippen LogP contribution in [0.25, 0.3) is 11.4 Å². The third-order valence-electron chi connectivity index (χ3n) is 8.05. The first-order valence-electron chi connectivity index (χ1n) is 14.2. The van der Waals surface area contributed by atoms with E-state index in [1.165, 1.54) is 0 Å². The predicted molar refractivity (Wildman–Crippen MR) is 159 cm³/mol. The van der Waals surface area contributed by atoms with Gasteiger partial charge in [0.25, 0.3) is 0 Å². The molecule has 0 spiro atoms. The van der Waals surface area contributed by atoms with Crippen LogP contribution in [0.4, 0.5) is 17.2 Å². The van der Waals surface area contributed by atoms with Gasteiger partial charge in [0.15, 0.2) is 15.7 Å². The summed E-state index contributed by atoms with van der Waals surface area (Å²) in [5, 5.41) is 13.1. The fourth-order valence-electron chi connectivity index (χ4n) is 5.52. The van der Waals surface area contributed by atoms with Crippen molar-refractivity contribution in [2.45, 2.75) is 25.0 Å². The SMILES string of the molecule is COc1cc(Nc2ccnc(-c3ccc(OC4CCS(=O)(=O)CC4)c(C#N)c3)n2)ccc1N1CCN(C2COC2)CC1. The number of hydrogen-bond acceptors (Lipinski definition) is 11. The van der Waals surface area contributed by atoms with Gasteiger partial charge in [0, 0.05) is 49.7 Å². The van der Waals surface area contributed by atoms with Crippen molar-refractivity contribution < 1.29 is 22.6 Å². The minimum atomic E-state index is -2.99. The number of ether oxygens (including phenoxy) is 3. The van der Waals surface area contributed by atoms with E-state index in [0.717, 1.165) is 56.5 Å². The molecule has 3 aliphatic rings. The summed E-state index contributed by atoms with van der Waals surface area (Å²) in [5.74, 6) is 2.50. The molecule has 0 saturated carbocycles. The maximum absolute atomic E-state index is 11.7. The Hall–Kier alpha value is -3.92. The van der Waals surface area contributed by atoms with E-state index in [0.29, 0.717) is 47.4 Å². The third kappa shape index (κ3) is 6.28. The minimum absolute atomic E-state index is 0.105. The molecule has 1 N–H and O–H groups in total. The van der Waals surface area contributed by atoms with Gasteiger partial charge in [-0.3, -0.25) is 4.90 Å². The van der Waals surface area contributed by atoms with Crippen LogP contribution < -0.4 is 19.7 Å². The number of nitrogens with zero attached hydrogens (tertiary/aromatic N) is 5. The van der Waals surface area contributed by atoms with Gasteiger partial charge in [-0.25, -0.2) is 18.4 Å². The fraction of sp³-hybridized carbons (Fsp3) is 0.433. The number of nitriles is 1. The summed E-state index contributed by atoms with van der Waals surface area (Å²) in [7, 11) is -1.31. The van der Waals surface area contributed by atoms with E-state index in [1.54, 1.807) is 31.5 Å². The van der Waals surface area contributed by atoms with Crippen LogP contribution in [0.15, 0.2) is 48.7 Å². The second kappa shape index (κ2) is 12.1. The molecule has 12 heteroatoms. The molecule has 2 aromatic carbocycles. The van der Waals surface area contributed by atoms with Crippen LogP contribution in [-0.4, -0.2) is 93.4 Å². The van der Waals surface area contributed by atoms with Crippen LogP contribution >= 0.6 is 0 Å². The Morgan fingerprint density at radius 3 is 2.50 bits per heavy atom. The lowest BCUT2D eigenvalue weighted by atomic mass is 10.1. The molecule has 42 heavy (non-hydrogen) atoms. The van der Waals surface area contributed by atoms with Crippen molar-refractivity contribution in [1.29, 1.82) is 5.26 Å². The van der Waals surface area contributed by atoms with E-state index in [4.69, 9.17) is 14.2 Å². The number of methoxy groups -OCH3 is 1. The van der Waals surface area contributed by atoms with Crippen molar-refractivity contribution in [1.82, 2.24) is 14.9 Å². The highest BCUT2D eigenvalue weighted by atomic mass is 32.2. The molecular weight excluding hydrogens is 556 g/mol. The number of anilines is 3. The van der Waals surface area contributed by atoms with E-state index in [1.807, 2.05) is 18.2 Å². The zero-order valence-electron chi connectivity index (χ0n) is 23.5. The van der Waals surface area contributed by atoms with Gasteiger partial charge in [0.05, 0.1) is 49.1 Å². The minimum Gasteiger partial charge on any atom is -0.495 e. The smallest absolute Gasteiger partial charge is 0.161 e. The van der Waals surface area contributed by atoms with Gasteiger partial charge in [-0.05, 0) is 49.2 Å². The van der Waals surface area contributed by atoms with E-state index in [2.05, 4.69) is 37.2 Å². The van der Waals surface area contributed by atoms with Gasteiger partial charge < -0.3 is 24.4 Å². The lowest BCUT2D eigenvalue weighted by Gasteiger charge is -2.43. The van der Waals surface area contributed by atoms with Crippen LogP contribution in [0.3, 0.4) is 0 Å². The second-order valence-corrected chi connectivity index (χ2v) is 13.1. The molecule has 0 radical (unpaired) electrons. The van der Waals surface area contributed by atoms with Crippen molar-refractivity contribution in [3.05, 3.63) is 54.2 Å². The monoisotopic (exact) mass is 590 g/mol. The highest BCUT2D eigenvalue weighted by molar-refractivity contribution is 7.91. The standard InChI is InChI=1S/C30H34N6O5S/c1-39-28-17-23(3-4-26(28)36-12-10-35(11-13-36)24-19-40-20-24)33-29-6-9-32-30(34-29)21-2-5-27(22(16-21)18-31)41-25-7-14-42(37,38)15-8-25/h2-6,9,16-17,24-25H,7-8,10-15,19-20H2,1H3,(H,32,33,34). The van der Waals surface area contributed by atoms with Crippen molar-refractivity contribution in [3.8, 4) is 29.0 Å². The number of hydrogen-bond donors (Lipinski definition) is 1. The van der Waals surface area contributed by atoms with Gasteiger partial charge in [-0.2, -0.15) is 5.26 Å². The Labute approximate surface area is 246 Å². The molecule has 0 unspecified atom stereocenters. The molecule has 3 fully saturated rings. The van der Waals surface area contributed by atoms with E-state index >= 15 is 0 Å². The van der Waals surface area contributed by atoms with Crippen LogP contribution in [-0.2, 0) is 14.6 Å². The Balaban J connectivity index is 1.13. The van der Waals surface area contributed by atoms with Gasteiger partial charge in [-0.1, -0.05) is 0 Å². The van der Waals surface area contributed by atoms with Crippen LogP contribution in [0.1, 0.15) is 18.4 Å². The zero-order chi connectivity index (χ0) is 29.1. The third-order valence-corrected chi connectivity index (χ3v) is 9.77. The predicted octanol–water partition coefficient (Wildman–Crippen LogP) is 3.24. The molecule has 11 nitrogen and oxygen atoms in total. The van der Waals surface area contributed by atoms with E-state index < -0.39 is 9.84 Å². The van der Waals surface area contributed by atoms with Crippen LogP contribution in [0, 0.1) is 11.3 Å². The van der Waals surface area contributed by atoms with Crippen molar-refractivity contribution >= 4 is 27.0 Å². The number of piperazine rings is 1. The summed E-state index contributed by atoms with van der Waals surface area (Å²) in [5.41, 5.74) is 2.93. The second-order valence-electron chi connectivity index (χ2n) is 10.8. The van der Waals surface area contributed by atoms with Crippen molar-refractivity contribution in [2.75, 3.05) is 68.2 Å². The quantitative estimate of drug-likeness (QED) is 0.415. The average molecular weight is 591 g/mol. The molecule has 6 rings (SSSR count). The molecule has 0 aliphatic carbocycles. The Morgan fingerprint density at radius 1 is 1.02 bits per heavy atom.